The van der Waals surface area contributed by atoms with Crippen molar-refractivity contribution in [2.75, 3.05) is 13.2 Å². The summed E-state index contributed by atoms with van der Waals surface area (Å²) in [4.78, 5) is 61.1. The van der Waals surface area contributed by atoms with Crippen LogP contribution in [0.2, 0.25) is 0 Å². The SMILES string of the molecule is CCOC(=O)C[C@@H]1N(NC(=O)c2ccccc2C=O)[C@]12NC(=O)OCC(C)(C)[C@@H]2OC(C)=O. The Morgan fingerprint density at radius 1 is 1.30 bits per heavy atom. The third kappa shape index (κ3) is 4.68. The molecule has 0 aromatic heterocycles. The fourth-order valence-corrected chi connectivity index (χ4v) is 4.18. The maximum absolute atomic E-state index is 13.0. The first-order valence-corrected chi connectivity index (χ1v) is 10.5. The summed E-state index contributed by atoms with van der Waals surface area (Å²) in [6.45, 7) is 6.44. The predicted molar refractivity (Wildman–Crippen MR) is 113 cm³/mol. The van der Waals surface area contributed by atoms with Crippen molar-refractivity contribution in [2.24, 2.45) is 5.41 Å². The van der Waals surface area contributed by atoms with Gasteiger partial charge in [-0.15, -0.1) is 0 Å². The van der Waals surface area contributed by atoms with Crippen LogP contribution in [0.3, 0.4) is 0 Å². The minimum absolute atomic E-state index is 0.0690. The molecule has 2 amide bonds. The average Bonchev–Trinajstić information content (AvgIpc) is 3.35. The van der Waals surface area contributed by atoms with Gasteiger partial charge in [-0.05, 0) is 13.0 Å². The van der Waals surface area contributed by atoms with E-state index in [1.165, 1.54) is 24.1 Å². The number of aldehydes is 1. The van der Waals surface area contributed by atoms with Crippen molar-refractivity contribution in [1.29, 1.82) is 0 Å². The fourth-order valence-electron chi connectivity index (χ4n) is 4.18. The van der Waals surface area contributed by atoms with E-state index in [1.807, 2.05) is 0 Å². The molecule has 2 fully saturated rings. The molecule has 2 heterocycles. The van der Waals surface area contributed by atoms with Crippen LogP contribution in [0.4, 0.5) is 4.79 Å². The summed E-state index contributed by atoms with van der Waals surface area (Å²) in [6.07, 6.45) is -1.45. The standard InChI is InChI=1S/C22H27N3O8/c1-5-31-17(28)10-16-22(19(33-13(2)27)21(3,4)12-32-20(30)23-22)25(16)24-18(29)15-9-7-6-8-14(15)11-26/h6-9,11,16,19H,5,10,12H2,1-4H3,(H,23,30)(H,24,29)/t16-,19-,22+,25?/m0/s1. The van der Waals surface area contributed by atoms with Gasteiger partial charge in [0.05, 0.1) is 24.6 Å². The van der Waals surface area contributed by atoms with Gasteiger partial charge in [0.15, 0.2) is 11.9 Å². The number of hydrazine groups is 1. The molecule has 4 atom stereocenters. The Bertz CT molecular complexity index is 978. The first-order valence-electron chi connectivity index (χ1n) is 10.5. The molecule has 2 aliphatic rings. The number of ether oxygens (including phenoxy) is 3. The molecule has 2 saturated heterocycles. The lowest BCUT2D eigenvalue weighted by Gasteiger charge is -2.35. The van der Waals surface area contributed by atoms with Gasteiger partial charge in [-0.3, -0.25) is 29.9 Å². The van der Waals surface area contributed by atoms with Gasteiger partial charge in [-0.1, -0.05) is 32.0 Å². The van der Waals surface area contributed by atoms with Crippen LogP contribution < -0.4 is 10.7 Å². The molecule has 11 heteroatoms. The average molecular weight is 461 g/mol. The van der Waals surface area contributed by atoms with Crippen LogP contribution in [-0.4, -0.2) is 66.3 Å². The van der Waals surface area contributed by atoms with Crippen molar-refractivity contribution in [3.8, 4) is 0 Å². The van der Waals surface area contributed by atoms with Crippen LogP contribution in [0.5, 0.6) is 0 Å². The zero-order chi connectivity index (χ0) is 24.4. The van der Waals surface area contributed by atoms with E-state index in [4.69, 9.17) is 14.2 Å². The summed E-state index contributed by atoms with van der Waals surface area (Å²) < 4.78 is 15.9. The lowest BCUT2D eigenvalue weighted by Crippen LogP contribution is -2.57. The highest BCUT2D eigenvalue weighted by Gasteiger charge is 2.74. The molecule has 178 valence electrons. The van der Waals surface area contributed by atoms with E-state index in [0.29, 0.717) is 6.29 Å². The minimum atomic E-state index is -1.47. The molecule has 1 aromatic carbocycles. The van der Waals surface area contributed by atoms with Crippen LogP contribution in [0, 0.1) is 5.41 Å². The number of cyclic esters (lactones) is 1. The second-order valence-corrected chi connectivity index (χ2v) is 8.55. The number of hydrogen-bond donors (Lipinski definition) is 2. The van der Waals surface area contributed by atoms with Gasteiger partial charge in [0.2, 0.25) is 0 Å². The van der Waals surface area contributed by atoms with Crippen LogP contribution in [0.15, 0.2) is 24.3 Å². The Balaban J connectivity index is 2.02. The normalized spacial score (nSPS) is 27.4. The Labute approximate surface area is 190 Å². The van der Waals surface area contributed by atoms with E-state index >= 15 is 0 Å². The monoisotopic (exact) mass is 461 g/mol. The summed E-state index contributed by atoms with van der Waals surface area (Å²) in [5, 5.41) is 4.01. The van der Waals surface area contributed by atoms with Gasteiger partial charge in [0.25, 0.3) is 5.91 Å². The summed E-state index contributed by atoms with van der Waals surface area (Å²) in [5.41, 5.74) is 0.576. The lowest BCUT2D eigenvalue weighted by molar-refractivity contribution is -0.158. The molecular formula is C22H27N3O8. The van der Waals surface area contributed by atoms with Crippen LogP contribution in [-0.2, 0) is 23.8 Å². The molecule has 0 saturated carbocycles. The van der Waals surface area contributed by atoms with E-state index in [9.17, 15) is 24.0 Å². The Hall–Kier alpha value is -3.47. The zero-order valence-electron chi connectivity index (χ0n) is 18.9. The Morgan fingerprint density at radius 3 is 2.64 bits per heavy atom. The molecule has 0 bridgehead atoms. The molecule has 2 N–H and O–H groups in total. The number of carbonyl (C=O) groups excluding carboxylic acids is 5. The van der Waals surface area contributed by atoms with Crippen molar-refractivity contribution in [2.45, 2.75) is 51.9 Å². The van der Waals surface area contributed by atoms with Crippen molar-refractivity contribution in [3.05, 3.63) is 35.4 Å². The predicted octanol–water partition coefficient (Wildman–Crippen LogP) is 1.18. The van der Waals surface area contributed by atoms with Gasteiger partial charge >= 0.3 is 18.0 Å². The number of rotatable bonds is 7. The van der Waals surface area contributed by atoms with E-state index in [0.717, 1.165) is 0 Å². The summed E-state index contributed by atoms with van der Waals surface area (Å²) >= 11 is 0. The number of amides is 2. The Morgan fingerprint density at radius 2 is 2.00 bits per heavy atom. The summed E-state index contributed by atoms with van der Waals surface area (Å²) in [5.74, 6) is -1.81. The molecule has 33 heavy (non-hydrogen) atoms. The number of benzene rings is 1. The minimum Gasteiger partial charge on any atom is -0.466 e. The van der Waals surface area contributed by atoms with E-state index < -0.39 is 47.2 Å². The van der Waals surface area contributed by atoms with E-state index in [1.54, 1.807) is 32.9 Å². The molecule has 1 unspecified atom stereocenters. The highest BCUT2D eigenvalue weighted by Crippen LogP contribution is 2.50. The quantitative estimate of drug-likeness (QED) is 0.265. The van der Waals surface area contributed by atoms with Crippen LogP contribution in [0.25, 0.3) is 0 Å². The summed E-state index contributed by atoms with van der Waals surface area (Å²) in [7, 11) is 0. The van der Waals surface area contributed by atoms with Gasteiger partial charge < -0.3 is 14.2 Å². The van der Waals surface area contributed by atoms with Gasteiger partial charge in [0, 0.05) is 17.9 Å². The Kier molecular flexibility index (Phi) is 6.73. The van der Waals surface area contributed by atoms with Gasteiger partial charge in [0.1, 0.15) is 12.7 Å². The number of alkyl carbamates (subject to hydrolysis) is 1. The third-order valence-corrected chi connectivity index (χ3v) is 5.64. The third-order valence-electron chi connectivity index (χ3n) is 5.64. The second kappa shape index (κ2) is 9.18. The van der Waals surface area contributed by atoms with Crippen LogP contribution in [0.1, 0.15) is 54.8 Å². The topological polar surface area (TPSA) is 140 Å². The smallest absolute Gasteiger partial charge is 0.408 e. The first kappa shape index (κ1) is 24.2. The van der Waals surface area contributed by atoms with Crippen molar-refractivity contribution in [3.63, 3.8) is 0 Å². The van der Waals surface area contributed by atoms with Crippen molar-refractivity contribution < 1.29 is 38.2 Å². The largest absolute Gasteiger partial charge is 0.466 e. The number of nitrogens with one attached hydrogen (secondary N) is 2. The molecule has 11 nitrogen and oxygen atoms in total. The summed E-state index contributed by atoms with van der Waals surface area (Å²) in [6, 6.07) is 5.37. The molecular weight excluding hydrogens is 434 g/mol. The molecule has 0 aliphatic carbocycles. The number of esters is 2. The number of hydrogen-bond acceptors (Lipinski definition) is 9. The fraction of sp³-hybridized carbons (Fsp3) is 0.500. The molecule has 0 radical (unpaired) electrons. The molecule has 3 rings (SSSR count). The van der Waals surface area contributed by atoms with Crippen molar-refractivity contribution in [1.82, 2.24) is 15.8 Å². The number of carbonyl (C=O) groups is 5. The maximum atomic E-state index is 13.0. The highest BCUT2D eigenvalue weighted by molar-refractivity contribution is 6.01. The molecule has 2 aliphatic heterocycles. The molecule has 1 aromatic rings. The van der Waals surface area contributed by atoms with E-state index in [-0.39, 0.29) is 30.8 Å². The maximum Gasteiger partial charge on any atom is 0.408 e. The second-order valence-electron chi connectivity index (χ2n) is 8.55. The van der Waals surface area contributed by atoms with Crippen molar-refractivity contribution >= 4 is 30.2 Å². The highest BCUT2D eigenvalue weighted by atomic mass is 16.6. The van der Waals surface area contributed by atoms with Gasteiger partial charge in [-0.2, -0.15) is 5.01 Å². The first-order chi connectivity index (χ1) is 15.6. The van der Waals surface area contributed by atoms with E-state index in [2.05, 4.69) is 10.7 Å². The van der Waals surface area contributed by atoms with Gasteiger partial charge in [-0.25, -0.2) is 4.79 Å². The van der Waals surface area contributed by atoms with Crippen LogP contribution >= 0.6 is 0 Å². The number of nitrogens with zero attached hydrogens (tertiary/aromatic N) is 1. The molecule has 1 spiro atoms. The lowest BCUT2D eigenvalue weighted by atomic mass is 9.81. The zero-order valence-corrected chi connectivity index (χ0v) is 18.9.